The van der Waals surface area contributed by atoms with Gasteiger partial charge in [-0.25, -0.2) is 4.79 Å². The second-order valence-electron chi connectivity index (χ2n) is 4.07. The normalized spacial score (nSPS) is 13.1. The Labute approximate surface area is 102 Å². The maximum atomic E-state index is 11.9. The summed E-state index contributed by atoms with van der Waals surface area (Å²) in [5, 5.41) is 0. The third kappa shape index (κ3) is 1.66. The predicted octanol–water partition coefficient (Wildman–Crippen LogP) is 1.06. The Kier molecular flexibility index (Phi) is 2.78. The lowest BCUT2D eigenvalue weighted by molar-refractivity contribution is 0.537. The van der Waals surface area contributed by atoms with E-state index in [2.05, 4.69) is 9.97 Å². The van der Waals surface area contributed by atoms with E-state index in [1.807, 2.05) is 13.8 Å². The van der Waals surface area contributed by atoms with Crippen LogP contribution in [-0.2, 0) is 7.05 Å². The first kappa shape index (κ1) is 11.8. The van der Waals surface area contributed by atoms with Gasteiger partial charge in [0, 0.05) is 13.1 Å². The smallest absolute Gasteiger partial charge is 0.316 e. The Bertz CT molecular complexity index is 733. The second kappa shape index (κ2) is 3.99. The summed E-state index contributed by atoms with van der Waals surface area (Å²) in [5.74, 6) is 0. The summed E-state index contributed by atoms with van der Waals surface area (Å²) >= 11 is 5.20. The number of nitrogens with one attached hydrogen (secondary N) is 2. The van der Waals surface area contributed by atoms with Gasteiger partial charge in [0.15, 0.2) is 10.3 Å². The predicted molar refractivity (Wildman–Crippen MR) is 68.0 cm³/mol. The number of aromatic nitrogens is 4. The molecule has 6 nitrogen and oxygen atoms in total. The van der Waals surface area contributed by atoms with Crippen molar-refractivity contribution in [3.8, 4) is 0 Å². The fraction of sp³-hybridized carbons (Fsp3) is 0.500. The van der Waals surface area contributed by atoms with Gasteiger partial charge in [-0.1, -0.05) is 6.92 Å². The van der Waals surface area contributed by atoms with Crippen molar-refractivity contribution in [1.29, 1.82) is 0 Å². The highest BCUT2D eigenvalue weighted by Gasteiger charge is 2.15. The van der Waals surface area contributed by atoms with Gasteiger partial charge in [-0.15, -0.1) is 0 Å². The molecule has 0 aliphatic rings. The summed E-state index contributed by atoms with van der Waals surface area (Å²) < 4.78 is 3.56. The number of H-pyrrole nitrogens is 2. The van der Waals surface area contributed by atoms with Crippen molar-refractivity contribution in [2.45, 2.75) is 26.3 Å². The zero-order valence-electron chi connectivity index (χ0n) is 9.90. The number of hydrogen-bond acceptors (Lipinski definition) is 3. The van der Waals surface area contributed by atoms with E-state index >= 15 is 0 Å². The summed E-state index contributed by atoms with van der Waals surface area (Å²) in [4.78, 5) is 28.5. The fourth-order valence-corrected chi connectivity index (χ4v) is 2.21. The van der Waals surface area contributed by atoms with E-state index in [1.54, 1.807) is 11.6 Å². The average Bonchev–Trinajstić information content (AvgIpc) is 2.63. The van der Waals surface area contributed by atoms with Crippen LogP contribution in [0.25, 0.3) is 11.2 Å². The van der Waals surface area contributed by atoms with E-state index in [0.29, 0.717) is 15.9 Å². The molecule has 92 valence electrons. The summed E-state index contributed by atoms with van der Waals surface area (Å²) in [6.07, 6.45) is 0.851. The molecule has 0 radical (unpaired) electrons. The molecule has 0 saturated heterocycles. The van der Waals surface area contributed by atoms with Gasteiger partial charge in [0.2, 0.25) is 0 Å². The minimum Gasteiger partial charge on any atom is -0.316 e. The molecule has 0 spiro atoms. The first-order chi connectivity index (χ1) is 7.97. The molecule has 7 heteroatoms. The molecule has 0 aliphatic carbocycles. The average molecular weight is 254 g/mol. The number of imidazole rings is 1. The Morgan fingerprint density at radius 3 is 2.59 bits per heavy atom. The van der Waals surface area contributed by atoms with Crippen LogP contribution in [0.15, 0.2) is 9.59 Å². The van der Waals surface area contributed by atoms with Crippen LogP contribution in [0.5, 0.6) is 0 Å². The van der Waals surface area contributed by atoms with Crippen molar-refractivity contribution in [3.63, 3.8) is 0 Å². The molecule has 2 heterocycles. The van der Waals surface area contributed by atoms with E-state index in [1.165, 1.54) is 4.57 Å². The van der Waals surface area contributed by atoms with Gasteiger partial charge < -0.3 is 9.55 Å². The molecule has 2 aromatic rings. The lowest BCUT2D eigenvalue weighted by Gasteiger charge is -2.11. The number of rotatable bonds is 2. The lowest BCUT2D eigenvalue weighted by atomic mass is 10.2. The maximum absolute atomic E-state index is 11.9. The standard InChI is InChI=1S/C10H14N4O2S/c1-4-5(2)14-6-7(11-10(14)17)13(3)9(16)12-8(6)15/h5H,4H2,1-3H3,(H,11,17)(H,12,15,16)/t5-/m1/s1. The van der Waals surface area contributed by atoms with Gasteiger partial charge in [-0.2, -0.15) is 0 Å². The molecule has 0 amide bonds. The van der Waals surface area contributed by atoms with Gasteiger partial charge in [-0.3, -0.25) is 14.3 Å². The molecular weight excluding hydrogens is 240 g/mol. The van der Waals surface area contributed by atoms with Crippen LogP contribution in [0.4, 0.5) is 0 Å². The minimum atomic E-state index is -0.449. The number of hydrogen-bond donors (Lipinski definition) is 2. The summed E-state index contributed by atoms with van der Waals surface area (Å²) in [6.45, 7) is 4.00. The van der Waals surface area contributed by atoms with Crippen molar-refractivity contribution >= 4 is 23.4 Å². The molecular formula is C10H14N4O2S. The zero-order chi connectivity index (χ0) is 12.7. The highest BCUT2D eigenvalue weighted by Crippen LogP contribution is 2.16. The van der Waals surface area contributed by atoms with Crippen LogP contribution in [0.2, 0.25) is 0 Å². The Morgan fingerprint density at radius 2 is 2.00 bits per heavy atom. The maximum Gasteiger partial charge on any atom is 0.329 e. The molecule has 0 aliphatic heterocycles. The first-order valence-corrected chi connectivity index (χ1v) is 5.81. The van der Waals surface area contributed by atoms with Gasteiger partial charge >= 0.3 is 5.69 Å². The van der Waals surface area contributed by atoms with Crippen LogP contribution in [0.1, 0.15) is 26.3 Å². The number of aryl methyl sites for hydroxylation is 1. The van der Waals surface area contributed by atoms with E-state index in [-0.39, 0.29) is 6.04 Å². The minimum absolute atomic E-state index is 0.106. The van der Waals surface area contributed by atoms with Gasteiger partial charge in [0.1, 0.15) is 5.65 Å². The lowest BCUT2D eigenvalue weighted by Crippen LogP contribution is -2.29. The van der Waals surface area contributed by atoms with Crippen molar-refractivity contribution < 1.29 is 0 Å². The Morgan fingerprint density at radius 1 is 1.35 bits per heavy atom. The largest absolute Gasteiger partial charge is 0.329 e. The Hall–Kier alpha value is -1.63. The van der Waals surface area contributed by atoms with E-state index < -0.39 is 11.2 Å². The summed E-state index contributed by atoms with van der Waals surface area (Å²) in [5.41, 5.74) is 0.0290. The van der Waals surface area contributed by atoms with Crippen LogP contribution in [0.3, 0.4) is 0 Å². The first-order valence-electron chi connectivity index (χ1n) is 5.40. The molecule has 0 saturated carbocycles. The fourth-order valence-electron chi connectivity index (χ4n) is 1.84. The molecule has 17 heavy (non-hydrogen) atoms. The molecule has 0 aromatic carbocycles. The number of aromatic amines is 2. The Balaban J connectivity index is 3.03. The number of nitrogens with zero attached hydrogens (tertiary/aromatic N) is 2. The van der Waals surface area contributed by atoms with Crippen molar-refractivity contribution in [3.05, 3.63) is 25.6 Å². The molecule has 2 aromatic heterocycles. The van der Waals surface area contributed by atoms with Gasteiger partial charge in [0.25, 0.3) is 5.56 Å². The third-order valence-electron chi connectivity index (χ3n) is 3.02. The van der Waals surface area contributed by atoms with Crippen LogP contribution in [-0.4, -0.2) is 19.1 Å². The molecule has 0 fully saturated rings. The SMILES string of the molecule is CC[C@@H](C)n1c(=S)[nH]c2c1c(=O)[nH]c(=O)n2C. The topological polar surface area (TPSA) is 75.6 Å². The van der Waals surface area contributed by atoms with Crippen molar-refractivity contribution in [2.75, 3.05) is 0 Å². The van der Waals surface area contributed by atoms with Crippen LogP contribution >= 0.6 is 12.2 Å². The highest BCUT2D eigenvalue weighted by atomic mass is 32.1. The van der Waals surface area contributed by atoms with Crippen LogP contribution < -0.4 is 11.2 Å². The highest BCUT2D eigenvalue weighted by molar-refractivity contribution is 7.71. The van der Waals surface area contributed by atoms with E-state index in [9.17, 15) is 9.59 Å². The van der Waals surface area contributed by atoms with Gasteiger partial charge in [-0.05, 0) is 25.6 Å². The van der Waals surface area contributed by atoms with Crippen molar-refractivity contribution in [1.82, 2.24) is 19.1 Å². The summed E-state index contributed by atoms with van der Waals surface area (Å²) in [6, 6.07) is 0.106. The number of fused-ring (bicyclic) bond motifs is 1. The molecule has 0 bridgehead atoms. The molecule has 2 rings (SSSR count). The van der Waals surface area contributed by atoms with Crippen molar-refractivity contribution in [2.24, 2.45) is 7.05 Å². The van der Waals surface area contributed by atoms with Gasteiger partial charge in [0.05, 0.1) is 0 Å². The van der Waals surface area contributed by atoms with E-state index in [0.717, 1.165) is 6.42 Å². The molecule has 1 atom stereocenters. The monoisotopic (exact) mass is 254 g/mol. The molecule has 2 N–H and O–H groups in total. The second-order valence-corrected chi connectivity index (χ2v) is 4.46. The third-order valence-corrected chi connectivity index (χ3v) is 3.32. The van der Waals surface area contributed by atoms with Crippen LogP contribution in [0, 0.1) is 4.77 Å². The molecule has 0 unspecified atom stereocenters. The quantitative estimate of drug-likeness (QED) is 0.787. The zero-order valence-corrected chi connectivity index (χ0v) is 10.7. The van der Waals surface area contributed by atoms with E-state index in [4.69, 9.17) is 12.2 Å². The summed E-state index contributed by atoms with van der Waals surface area (Å²) in [7, 11) is 1.59.